The van der Waals surface area contributed by atoms with E-state index in [1.165, 1.54) is 14.2 Å². The van der Waals surface area contributed by atoms with Gasteiger partial charge in [0, 0.05) is 30.6 Å². The molecule has 0 saturated carbocycles. The Kier molecular flexibility index (Phi) is 4.80. The van der Waals surface area contributed by atoms with Gasteiger partial charge in [0.15, 0.2) is 0 Å². The van der Waals surface area contributed by atoms with Crippen LogP contribution in [-0.2, 0) is 7.05 Å². The van der Waals surface area contributed by atoms with Gasteiger partial charge in [0.05, 0.1) is 45.4 Å². The fraction of sp³-hybridized carbons (Fsp3) is 0.261. The van der Waals surface area contributed by atoms with Gasteiger partial charge >= 0.3 is 0 Å². The number of aryl methyl sites for hydroxylation is 1. The smallest absolute Gasteiger partial charge is 0.282 e. The van der Waals surface area contributed by atoms with Gasteiger partial charge in [0.25, 0.3) is 11.8 Å². The summed E-state index contributed by atoms with van der Waals surface area (Å²) in [4.78, 5) is 18.5. The molecule has 1 aromatic carbocycles. The number of amides is 1. The van der Waals surface area contributed by atoms with E-state index in [2.05, 4.69) is 10.1 Å². The van der Waals surface area contributed by atoms with Gasteiger partial charge in [0.1, 0.15) is 22.7 Å². The van der Waals surface area contributed by atoms with Gasteiger partial charge in [-0.2, -0.15) is 5.10 Å². The van der Waals surface area contributed by atoms with Crippen LogP contribution in [0.1, 0.15) is 10.4 Å². The van der Waals surface area contributed by atoms with Gasteiger partial charge in [-0.05, 0) is 29.8 Å². The van der Waals surface area contributed by atoms with Crippen LogP contribution in [0.25, 0.3) is 28.0 Å². The summed E-state index contributed by atoms with van der Waals surface area (Å²) in [6.07, 6.45) is 7.33. The van der Waals surface area contributed by atoms with Gasteiger partial charge < -0.3 is 14.4 Å². The third-order valence-corrected chi connectivity index (χ3v) is 5.70. The third kappa shape index (κ3) is 3.57. The summed E-state index contributed by atoms with van der Waals surface area (Å²) in [5.74, 6) is -2.93. The second-order valence-electron chi connectivity index (χ2n) is 7.96. The molecular formula is C23H21F2N5O3. The molecule has 0 atom stereocenters. The van der Waals surface area contributed by atoms with Gasteiger partial charge in [-0.15, -0.1) is 0 Å². The highest BCUT2D eigenvalue weighted by molar-refractivity contribution is 6.01. The molecule has 5 rings (SSSR count). The Bertz CT molecular complexity index is 1340. The summed E-state index contributed by atoms with van der Waals surface area (Å²) < 4.78 is 41.1. The summed E-state index contributed by atoms with van der Waals surface area (Å²) in [5, 5.41) is 4.21. The monoisotopic (exact) mass is 453 g/mol. The maximum absolute atomic E-state index is 13.3. The van der Waals surface area contributed by atoms with Crippen LogP contribution in [0, 0.1) is 0 Å². The van der Waals surface area contributed by atoms with Crippen LogP contribution in [0.3, 0.4) is 0 Å². The van der Waals surface area contributed by atoms with Crippen molar-refractivity contribution in [2.45, 2.75) is 5.92 Å². The quantitative estimate of drug-likeness (QED) is 0.462. The van der Waals surface area contributed by atoms with Gasteiger partial charge in [-0.1, -0.05) is 0 Å². The Morgan fingerprint density at radius 2 is 1.73 bits per heavy atom. The van der Waals surface area contributed by atoms with E-state index in [1.807, 2.05) is 36.0 Å². The Labute approximate surface area is 188 Å². The third-order valence-electron chi connectivity index (χ3n) is 5.70. The Balaban J connectivity index is 1.55. The highest BCUT2D eigenvalue weighted by Crippen LogP contribution is 2.38. The van der Waals surface area contributed by atoms with Crippen molar-refractivity contribution in [3.63, 3.8) is 0 Å². The molecule has 0 radical (unpaired) electrons. The van der Waals surface area contributed by atoms with E-state index in [4.69, 9.17) is 9.47 Å². The zero-order valence-corrected chi connectivity index (χ0v) is 18.2. The molecule has 0 aliphatic carbocycles. The van der Waals surface area contributed by atoms with Crippen molar-refractivity contribution in [1.82, 2.24) is 24.1 Å². The van der Waals surface area contributed by atoms with E-state index < -0.39 is 24.9 Å². The van der Waals surface area contributed by atoms with Crippen molar-refractivity contribution in [2.24, 2.45) is 7.05 Å². The number of carbonyl (C=O) groups is 1. The molecule has 1 aliphatic rings. The lowest BCUT2D eigenvalue weighted by Gasteiger charge is -2.39. The molecule has 170 valence electrons. The lowest BCUT2D eigenvalue weighted by atomic mass is 10.0. The van der Waals surface area contributed by atoms with Crippen LogP contribution >= 0.6 is 0 Å². The molecule has 4 aromatic rings. The number of imidazole rings is 1. The average molecular weight is 453 g/mol. The SMILES string of the molecule is COc1cc(-c2cnc3cc(-c4cnn(C)c4)ccn23)cc(OC)c1C(=O)N1CC(F)(F)C1. The van der Waals surface area contributed by atoms with Crippen LogP contribution in [0.15, 0.2) is 49.1 Å². The Hall–Kier alpha value is -3.95. The number of ether oxygens (including phenoxy) is 2. The van der Waals surface area contributed by atoms with Crippen LogP contribution in [0.2, 0.25) is 0 Å². The number of halogens is 2. The first-order chi connectivity index (χ1) is 15.8. The number of methoxy groups -OCH3 is 2. The zero-order chi connectivity index (χ0) is 23.3. The van der Waals surface area contributed by atoms with E-state index in [0.717, 1.165) is 27.4 Å². The molecule has 1 fully saturated rings. The standard InChI is InChI=1S/C23H21F2N5O3/c1-28-11-16(9-27-28)14-4-5-30-17(10-26-20(30)8-14)15-6-18(32-2)21(19(7-15)33-3)22(31)29-12-23(24,25)13-29/h4-11H,12-13H2,1-3H3. The molecule has 0 unspecified atom stereocenters. The number of aromatic nitrogens is 4. The van der Waals surface area contributed by atoms with Crippen molar-refractivity contribution in [2.75, 3.05) is 27.3 Å². The predicted molar refractivity (Wildman–Crippen MR) is 117 cm³/mol. The first-order valence-electron chi connectivity index (χ1n) is 10.2. The normalized spacial score (nSPS) is 14.9. The predicted octanol–water partition coefficient (Wildman–Crippen LogP) is 3.51. The van der Waals surface area contributed by atoms with E-state index in [-0.39, 0.29) is 17.1 Å². The Morgan fingerprint density at radius 1 is 1.03 bits per heavy atom. The van der Waals surface area contributed by atoms with Gasteiger partial charge in [-0.25, -0.2) is 13.8 Å². The first-order valence-corrected chi connectivity index (χ1v) is 10.2. The van der Waals surface area contributed by atoms with Crippen molar-refractivity contribution in [3.8, 4) is 33.9 Å². The summed E-state index contributed by atoms with van der Waals surface area (Å²) in [5.41, 5.74) is 4.27. The largest absolute Gasteiger partial charge is 0.496 e. The molecule has 0 spiro atoms. The van der Waals surface area contributed by atoms with Crippen LogP contribution in [-0.4, -0.2) is 63.2 Å². The number of benzene rings is 1. The molecular weight excluding hydrogens is 432 g/mol. The number of carbonyl (C=O) groups excluding carboxylic acids is 1. The Morgan fingerprint density at radius 3 is 2.30 bits per heavy atom. The summed E-state index contributed by atoms with van der Waals surface area (Å²) in [6.45, 7) is -1.24. The van der Waals surface area contributed by atoms with Crippen molar-refractivity contribution >= 4 is 11.6 Å². The second-order valence-corrected chi connectivity index (χ2v) is 7.96. The molecule has 10 heteroatoms. The maximum atomic E-state index is 13.3. The lowest BCUT2D eigenvalue weighted by molar-refractivity contribution is -0.113. The van der Waals surface area contributed by atoms with E-state index in [1.54, 1.807) is 29.2 Å². The summed E-state index contributed by atoms with van der Waals surface area (Å²) in [6, 6.07) is 7.29. The number of alkyl halides is 2. The minimum atomic E-state index is -2.86. The first kappa shape index (κ1) is 20.9. The molecule has 8 nitrogen and oxygen atoms in total. The van der Waals surface area contributed by atoms with E-state index >= 15 is 0 Å². The molecule has 0 N–H and O–H groups in total. The lowest BCUT2D eigenvalue weighted by Crippen LogP contribution is -2.58. The van der Waals surface area contributed by atoms with E-state index in [0.29, 0.717) is 5.56 Å². The fourth-order valence-electron chi connectivity index (χ4n) is 4.03. The highest BCUT2D eigenvalue weighted by Gasteiger charge is 2.47. The number of nitrogens with zero attached hydrogens (tertiary/aromatic N) is 5. The fourth-order valence-corrected chi connectivity index (χ4v) is 4.03. The van der Waals surface area contributed by atoms with Gasteiger partial charge in [0.2, 0.25) is 0 Å². The number of fused-ring (bicyclic) bond motifs is 1. The molecule has 1 aliphatic heterocycles. The molecule has 33 heavy (non-hydrogen) atoms. The maximum Gasteiger partial charge on any atom is 0.282 e. The van der Waals surface area contributed by atoms with Gasteiger partial charge in [-0.3, -0.25) is 13.9 Å². The summed E-state index contributed by atoms with van der Waals surface area (Å²) in [7, 11) is 4.71. The van der Waals surface area contributed by atoms with Crippen molar-refractivity contribution < 1.29 is 23.0 Å². The average Bonchev–Trinajstić information content (AvgIpc) is 3.41. The topological polar surface area (TPSA) is 73.9 Å². The van der Waals surface area contributed by atoms with E-state index in [9.17, 15) is 13.6 Å². The van der Waals surface area contributed by atoms with Crippen molar-refractivity contribution in [1.29, 1.82) is 0 Å². The second kappa shape index (κ2) is 7.58. The molecule has 1 saturated heterocycles. The van der Waals surface area contributed by atoms with Crippen molar-refractivity contribution in [3.05, 3.63) is 54.6 Å². The molecule has 3 aromatic heterocycles. The van der Waals surface area contributed by atoms with Crippen LogP contribution in [0.4, 0.5) is 8.78 Å². The van der Waals surface area contributed by atoms with Crippen LogP contribution in [0.5, 0.6) is 11.5 Å². The number of hydrogen-bond donors (Lipinski definition) is 0. The molecule has 1 amide bonds. The van der Waals surface area contributed by atoms with Crippen LogP contribution < -0.4 is 9.47 Å². The minimum absolute atomic E-state index is 0.118. The molecule has 4 heterocycles. The number of hydrogen-bond acceptors (Lipinski definition) is 5. The molecule has 0 bridgehead atoms. The summed E-state index contributed by atoms with van der Waals surface area (Å²) >= 11 is 0. The number of rotatable bonds is 5. The zero-order valence-electron chi connectivity index (χ0n) is 18.2. The highest BCUT2D eigenvalue weighted by atomic mass is 19.3. The minimum Gasteiger partial charge on any atom is -0.496 e. The number of pyridine rings is 1. The number of likely N-dealkylation sites (tertiary alicyclic amines) is 1.